The molecule has 1 aliphatic carbocycles. The molecule has 0 amide bonds. The Balaban J connectivity index is 2.42. The Kier molecular flexibility index (Phi) is 4.19. The van der Waals surface area contributed by atoms with E-state index in [1.165, 1.54) is 23.5 Å². The minimum absolute atomic E-state index is 0.128. The molecule has 1 saturated carbocycles. The van der Waals surface area contributed by atoms with Gasteiger partial charge in [0.25, 0.3) is 11.8 Å². The van der Waals surface area contributed by atoms with Crippen LogP contribution in [0.3, 0.4) is 0 Å². The Morgan fingerprint density at radius 1 is 1.30 bits per heavy atom. The van der Waals surface area contributed by atoms with Crippen LogP contribution in [0, 0.1) is 15.5 Å². The first-order valence-electron chi connectivity index (χ1n) is 6.43. The standard InChI is InChI=1S/C13H21NO4S2/c1-9-6-12(19-4,20-5)10(14(15)16)13(9)17-7-11(2,3)8-18-13/h10H,1,6-8H2,2-5H3. The topological polar surface area (TPSA) is 61.6 Å². The smallest absolute Gasteiger partial charge is 0.293 e. The average Bonchev–Trinajstić information content (AvgIpc) is 2.63. The summed E-state index contributed by atoms with van der Waals surface area (Å²) in [4.78, 5) is 11.4. The molecule has 114 valence electrons. The van der Waals surface area contributed by atoms with Crippen LogP contribution in [0.25, 0.3) is 0 Å². The third-order valence-electron chi connectivity index (χ3n) is 3.99. The zero-order chi connectivity index (χ0) is 15.2. The van der Waals surface area contributed by atoms with E-state index in [9.17, 15) is 10.1 Å². The molecular weight excluding hydrogens is 298 g/mol. The van der Waals surface area contributed by atoms with E-state index in [0.29, 0.717) is 25.2 Å². The van der Waals surface area contributed by atoms with E-state index in [1.54, 1.807) is 0 Å². The van der Waals surface area contributed by atoms with Gasteiger partial charge < -0.3 is 9.47 Å². The predicted molar refractivity (Wildman–Crippen MR) is 82.7 cm³/mol. The fourth-order valence-electron chi connectivity index (χ4n) is 2.80. The molecule has 2 fully saturated rings. The Hall–Kier alpha value is -0.240. The maximum absolute atomic E-state index is 11.7. The van der Waals surface area contributed by atoms with Gasteiger partial charge in [-0.15, -0.1) is 23.5 Å². The largest absolute Gasteiger partial charge is 0.340 e. The van der Waals surface area contributed by atoms with E-state index in [0.717, 1.165) is 0 Å². The summed E-state index contributed by atoms with van der Waals surface area (Å²) in [5, 5.41) is 11.7. The predicted octanol–water partition coefficient (Wildman–Crippen LogP) is 2.78. The number of nitro groups is 1. The van der Waals surface area contributed by atoms with E-state index in [-0.39, 0.29) is 10.3 Å². The van der Waals surface area contributed by atoms with Crippen LogP contribution in [0.5, 0.6) is 0 Å². The van der Waals surface area contributed by atoms with Crippen molar-refractivity contribution in [3.63, 3.8) is 0 Å². The Morgan fingerprint density at radius 2 is 1.80 bits per heavy atom. The van der Waals surface area contributed by atoms with Gasteiger partial charge in [-0.2, -0.15) is 0 Å². The molecule has 2 rings (SSSR count). The summed E-state index contributed by atoms with van der Waals surface area (Å²) < 4.78 is 11.2. The van der Waals surface area contributed by atoms with Gasteiger partial charge in [0.2, 0.25) is 0 Å². The number of hydrogen-bond acceptors (Lipinski definition) is 6. The van der Waals surface area contributed by atoms with Gasteiger partial charge in [0.15, 0.2) is 0 Å². The molecule has 5 nitrogen and oxygen atoms in total. The summed E-state index contributed by atoms with van der Waals surface area (Å²) >= 11 is 2.98. The highest BCUT2D eigenvalue weighted by molar-refractivity contribution is 8.17. The lowest BCUT2D eigenvalue weighted by atomic mass is 9.93. The molecule has 0 bridgehead atoms. The van der Waals surface area contributed by atoms with Crippen molar-refractivity contribution in [2.24, 2.45) is 5.41 Å². The first-order chi connectivity index (χ1) is 9.23. The summed E-state index contributed by atoms with van der Waals surface area (Å²) in [7, 11) is 0. The molecule has 0 aromatic carbocycles. The normalized spacial score (nSPS) is 30.6. The van der Waals surface area contributed by atoms with Gasteiger partial charge in [-0.25, -0.2) is 0 Å². The van der Waals surface area contributed by atoms with Crippen LogP contribution < -0.4 is 0 Å². The molecule has 1 spiro atoms. The first-order valence-corrected chi connectivity index (χ1v) is 8.88. The molecule has 1 aliphatic heterocycles. The lowest BCUT2D eigenvalue weighted by Crippen LogP contribution is -2.59. The van der Waals surface area contributed by atoms with Crippen molar-refractivity contribution in [2.75, 3.05) is 25.7 Å². The third kappa shape index (κ3) is 2.28. The SMILES string of the molecule is C=C1CC(SC)(SC)C([N+](=O)[O-])C12OCC(C)(C)CO2. The van der Waals surface area contributed by atoms with Crippen molar-refractivity contribution in [3.8, 4) is 0 Å². The van der Waals surface area contributed by atoms with Crippen LogP contribution in [-0.4, -0.2) is 46.6 Å². The molecule has 0 aromatic rings. The highest BCUT2D eigenvalue weighted by Gasteiger charge is 2.70. The monoisotopic (exact) mass is 319 g/mol. The molecule has 1 heterocycles. The van der Waals surface area contributed by atoms with E-state index in [1.807, 2.05) is 26.4 Å². The maximum Gasteiger partial charge on any atom is 0.293 e. The third-order valence-corrected chi connectivity index (χ3v) is 7.10. The van der Waals surface area contributed by atoms with Gasteiger partial charge in [0.1, 0.15) is 4.08 Å². The van der Waals surface area contributed by atoms with Crippen molar-refractivity contribution in [2.45, 2.75) is 36.2 Å². The first kappa shape index (κ1) is 16.1. The Bertz CT molecular complexity index is 424. The minimum Gasteiger partial charge on any atom is -0.340 e. The summed E-state index contributed by atoms with van der Waals surface area (Å²) in [5.74, 6) is -1.27. The van der Waals surface area contributed by atoms with Crippen molar-refractivity contribution in [1.82, 2.24) is 0 Å². The molecule has 0 radical (unpaired) electrons. The molecule has 7 heteroatoms. The molecular formula is C13H21NO4S2. The fraction of sp³-hybridized carbons (Fsp3) is 0.846. The number of ether oxygens (including phenoxy) is 2. The van der Waals surface area contributed by atoms with Crippen molar-refractivity contribution >= 4 is 23.5 Å². The second kappa shape index (κ2) is 5.19. The summed E-state index contributed by atoms with van der Waals surface area (Å²) in [5.41, 5.74) is 0.551. The van der Waals surface area contributed by atoms with Gasteiger partial charge in [0, 0.05) is 16.8 Å². The number of nitrogens with zero attached hydrogens (tertiary/aromatic N) is 1. The van der Waals surface area contributed by atoms with Crippen LogP contribution >= 0.6 is 23.5 Å². The highest BCUT2D eigenvalue weighted by Crippen LogP contribution is 2.58. The van der Waals surface area contributed by atoms with Crippen LogP contribution in [0.4, 0.5) is 0 Å². The van der Waals surface area contributed by atoms with Crippen molar-refractivity contribution < 1.29 is 14.4 Å². The van der Waals surface area contributed by atoms with Crippen molar-refractivity contribution in [1.29, 1.82) is 0 Å². The van der Waals surface area contributed by atoms with Gasteiger partial charge in [-0.05, 0) is 18.1 Å². The molecule has 1 saturated heterocycles. The van der Waals surface area contributed by atoms with Crippen LogP contribution in [0.1, 0.15) is 20.3 Å². The molecule has 2 aliphatic rings. The Labute approximate surface area is 128 Å². The second-order valence-electron chi connectivity index (χ2n) is 6.10. The van der Waals surface area contributed by atoms with E-state index < -0.39 is 15.9 Å². The fourth-order valence-corrected chi connectivity index (χ4v) is 5.03. The zero-order valence-corrected chi connectivity index (χ0v) is 13.9. The highest BCUT2D eigenvalue weighted by atomic mass is 32.2. The molecule has 20 heavy (non-hydrogen) atoms. The molecule has 0 aromatic heterocycles. The van der Waals surface area contributed by atoms with Crippen molar-refractivity contribution in [3.05, 3.63) is 22.3 Å². The minimum atomic E-state index is -1.27. The Morgan fingerprint density at radius 3 is 2.20 bits per heavy atom. The van der Waals surface area contributed by atoms with Crippen LogP contribution in [-0.2, 0) is 9.47 Å². The summed E-state index contributed by atoms with van der Waals surface area (Å²) in [6, 6.07) is -0.941. The van der Waals surface area contributed by atoms with Crippen LogP contribution in [0.15, 0.2) is 12.2 Å². The van der Waals surface area contributed by atoms with Crippen LogP contribution in [0.2, 0.25) is 0 Å². The van der Waals surface area contributed by atoms with E-state index in [4.69, 9.17) is 9.47 Å². The number of rotatable bonds is 3. The average molecular weight is 319 g/mol. The molecule has 1 unspecified atom stereocenters. The van der Waals surface area contributed by atoms with E-state index in [2.05, 4.69) is 6.58 Å². The summed E-state index contributed by atoms with van der Waals surface area (Å²) in [6.07, 6.45) is 4.32. The number of hydrogen-bond donors (Lipinski definition) is 0. The van der Waals surface area contributed by atoms with Gasteiger partial charge >= 0.3 is 0 Å². The summed E-state index contributed by atoms with van der Waals surface area (Å²) in [6.45, 7) is 8.95. The number of thioether (sulfide) groups is 2. The zero-order valence-electron chi connectivity index (χ0n) is 12.3. The van der Waals surface area contributed by atoms with Gasteiger partial charge in [-0.3, -0.25) is 10.1 Å². The quantitative estimate of drug-likeness (QED) is 0.345. The van der Waals surface area contributed by atoms with Gasteiger partial charge in [-0.1, -0.05) is 20.4 Å². The van der Waals surface area contributed by atoms with Gasteiger partial charge in [0.05, 0.1) is 13.2 Å². The molecule has 1 atom stereocenters. The maximum atomic E-state index is 11.7. The lowest BCUT2D eigenvalue weighted by molar-refractivity contribution is -0.563. The second-order valence-corrected chi connectivity index (χ2v) is 8.63. The molecule has 0 N–H and O–H groups in total. The van der Waals surface area contributed by atoms with E-state index >= 15 is 0 Å². The lowest BCUT2D eigenvalue weighted by Gasteiger charge is -2.43.